The smallest absolute Gasteiger partial charge is 0.265 e. The first-order valence-electron chi connectivity index (χ1n) is 15.1. The molecule has 2 aliphatic heterocycles. The summed E-state index contributed by atoms with van der Waals surface area (Å²) in [5.74, 6) is 1.06. The zero-order valence-corrected chi connectivity index (χ0v) is 26.7. The van der Waals surface area contributed by atoms with Crippen molar-refractivity contribution in [3.63, 3.8) is 0 Å². The number of aromatic nitrogens is 1. The number of hydrogen-bond acceptors (Lipinski definition) is 8. The number of hydrogen-bond donors (Lipinski definition) is 1. The molecule has 0 aliphatic carbocycles. The standard InChI is InChI=1S/C33H40N4O6S/c1-6-13-36-18-29(38)35-25-12-14-37(33(40)30-21(4)34-31(44-30)20(2)3)17-28(25)42-19-22-8-7-9-24(15-22)43-27-16-23(32(36)39)10-11-26(27)41-5/h7-11,15-16,20,25,28H,6,12-14,17-19H2,1-5H3,(H,35,38)/t25-,28-/m0/s1. The first-order valence-corrected chi connectivity index (χ1v) is 15.9. The third-order valence-electron chi connectivity index (χ3n) is 7.81. The average Bonchev–Trinajstić information content (AvgIpc) is 3.41. The van der Waals surface area contributed by atoms with Crippen LogP contribution in [0, 0.1) is 6.92 Å². The van der Waals surface area contributed by atoms with E-state index in [1.54, 1.807) is 35.1 Å². The Morgan fingerprint density at radius 1 is 1.20 bits per heavy atom. The summed E-state index contributed by atoms with van der Waals surface area (Å²) >= 11 is 1.44. The first kappa shape index (κ1) is 31.5. The molecule has 1 N–H and O–H groups in total. The monoisotopic (exact) mass is 620 g/mol. The Morgan fingerprint density at radius 3 is 2.75 bits per heavy atom. The molecule has 2 aliphatic rings. The number of aryl methyl sites for hydroxylation is 1. The number of carbonyl (C=O) groups is 3. The molecular weight excluding hydrogens is 580 g/mol. The second-order valence-electron chi connectivity index (χ2n) is 11.5. The van der Waals surface area contributed by atoms with Gasteiger partial charge >= 0.3 is 0 Å². The Kier molecular flexibility index (Phi) is 9.85. The van der Waals surface area contributed by atoms with Gasteiger partial charge in [-0.15, -0.1) is 11.3 Å². The lowest BCUT2D eigenvalue weighted by molar-refractivity contribution is -0.124. The van der Waals surface area contributed by atoms with Crippen molar-refractivity contribution in [1.29, 1.82) is 0 Å². The van der Waals surface area contributed by atoms with E-state index in [1.165, 1.54) is 11.3 Å². The highest BCUT2D eigenvalue weighted by Crippen LogP contribution is 2.34. The molecule has 234 valence electrons. The molecule has 0 unspecified atom stereocenters. The average molecular weight is 621 g/mol. The van der Waals surface area contributed by atoms with E-state index in [0.717, 1.165) is 16.3 Å². The molecule has 2 aromatic carbocycles. The van der Waals surface area contributed by atoms with Crippen LogP contribution >= 0.6 is 11.3 Å². The van der Waals surface area contributed by atoms with Crippen molar-refractivity contribution in [3.05, 3.63) is 69.2 Å². The lowest BCUT2D eigenvalue weighted by atomic mass is 10.0. The number of methoxy groups -OCH3 is 1. The summed E-state index contributed by atoms with van der Waals surface area (Å²) in [6.45, 7) is 9.31. The SMILES string of the molecule is CCCN1CC(=O)N[C@H]2CCN(C(=O)c3sc(C(C)C)nc3C)C[C@@H]2OCc2cccc(c2)Oc2cc(ccc2OC)C1=O. The molecule has 10 nitrogen and oxygen atoms in total. The van der Waals surface area contributed by atoms with Crippen LogP contribution in [0.4, 0.5) is 0 Å². The summed E-state index contributed by atoms with van der Waals surface area (Å²) in [6, 6.07) is 12.2. The Morgan fingerprint density at radius 2 is 2.02 bits per heavy atom. The van der Waals surface area contributed by atoms with Crippen molar-refractivity contribution in [1.82, 2.24) is 20.1 Å². The number of nitrogens with zero attached hydrogens (tertiary/aromatic N) is 3. The van der Waals surface area contributed by atoms with Crippen LogP contribution < -0.4 is 14.8 Å². The number of likely N-dealkylation sites (tertiary alicyclic amines) is 1. The second-order valence-corrected chi connectivity index (χ2v) is 12.6. The number of nitrogens with one attached hydrogen (secondary N) is 1. The predicted octanol–water partition coefficient (Wildman–Crippen LogP) is 5.16. The number of amides is 3. The molecule has 0 spiro atoms. The van der Waals surface area contributed by atoms with Gasteiger partial charge in [-0.1, -0.05) is 32.9 Å². The number of rotatable bonds is 5. The summed E-state index contributed by atoms with van der Waals surface area (Å²) < 4.78 is 18.1. The van der Waals surface area contributed by atoms with Crippen LogP contribution in [0.1, 0.15) is 75.8 Å². The molecule has 44 heavy (non-hydrogen) atoms. The number of fused-ring (bicyclic) bond motifs is 5. The van der Waals surface area contributed by atoms with E-state index in [2.05, 4.69) is 24.1 Å². The van der Waals surface area contributed by atoms with E-state index in [0.29, 0.717) is 60.2 Å². The van der Waals surface area contributed by atoms with E-state index in [-0.39, 0.29) is 42.8 Å². The number of thiazole rings is 1. The van der Waals surface area contributed by atoms with Crippen LogP contribution in [-0.4, -0.2) is 77.9 Å². The lowest BCUT2D eigenvalue weighted by Crippen LogP contribution is -2.57. The zero-order chi connectivity index (χ0) is 31.4. The Labute approximate surface area is 262 Å². The Bertz CT molecular complexity index is 1520. The van der Waals surface area contributed by atoms with E-state index in [4.69, 9.17) is 14.2 Å². The molecule has 0 saturated carbocycles. The quantitative estimate of drug-likeness (QED) is 0.420. The van der Waals surface area contributed by atoms with Crippen molar-refractivity contribution in [2.24, 2.45) is 0 Å². The van der Waals surface area contributed by atoms with Gasteiger partial charge in [0.25, 0.3) is 11.8 Å². The highest BCUT2D eigenvalue weighted by Gasteiger charge is 2.35. The summed E-state index contributed by atoms with van der Waals surface area (Å²) in [4.78, 5) is 49.2. The summed E-state index contributed by atoms with van der Waals surface area (Å²) in [5, 5.41) is 4.06. The van der Waals surface area contributed by atoms with Gasteiger partial charge in [0.1, 0.15) is 10.6 Å². The van der Waals surface area contributed by atoms with Crippen molar-refractivity contribution >= 4 is 29.1 Å². The molecule has 1 aromatic heterocycles. The second kappa shape index (κ2) is 13.8. The minimum Gasteiger partial charge on any atom is -0.493 e. The van der Waals surface area contributed by atoms with E-state index in [9.17, 15) is 14.4 Å². The van der Waals surface area contributed by atoms with Gasteiger partial charge in [-0.05, 0) is 55.7 Å². The molecule has 3 amide bonds. The first-order chi connectivity index (χ1) is 21.2. The molecule has 3 heterocycles. The van der Waals surface area contributed by atoms with E-state index in [1.807, 2.05) is 38.1 Å². The molecule has 2 atom stereocenters. The highest BCUT2D eigenvalue weighted by molar-refractivity contribution is 7.13. The summed E-state index contributed by atoms with van der Waals surface area (Å²) in [5.41, 5.74) is 2.00. The molecule has 3 aromatic rings. The fourth-order valence-corrected chi connectivity index (χ4v) is 6.53. The topological polar surface area (TPSA) is 110 Å². The maximum Gasteiger partial charge on any atom is 0.265 e. The van der Waals surface area contributed by atoms with Crippen LogP contribution in [0.3, 0.4) is 0 Å². The van der Waals surface area contributed by atoms with Gasteiger partial charge in [0, 0.05) is 31.1 Å². The summed E-state index contributed by atoms with van der Waals surface area (Å²) in [6.07, 6.45) is 0.742. The summed E-state index contributed by atoms with van der Waals surface area (Å²) in [7, 11) is 1.54. The van der Waals surface area contributed by atoms with E-state index >= 15 is 0 Å². The van der Waals surface area contributed by atoms with Gasteiger partial charge in [0.05, 0.1) is 43.1 Å². The predicted molar refractivity (Wildman–Crippen MR) is 168 cm³/mol. The third kappa shape index (κ3) is 7.05. The van der Waals surface area contributed by atoms with Crippen LogP contribution in [-0.2, 0) is 16.1 Å². The molecule has 4 bridgehead atoms. The van der Waals surface area contributed by atoms with Gasteiger partial charge in [-0.2, -0.15) is 0 Å². The zero-order valence-electron chi connectivity index (χ0n) is 25.9. The van der Waals surface area contributed by atoms with Crippen molar-refractivity contribution in [2.75, 3.05) is 33.3 Å². The minimum absolute atomic E-state index is 0.0716. The van der Waals surface area contributed by atoms with Crippen LogP contribution in [0.25, 0.3) is 0 Å². The lowest BCUT2D eigenvalue weighted by Gasteiger charge is -2.39. The third-order valence-corrected chi connectivity index (χ3v) is 9.26. The molecular formula is C33H40N4O6S. The Hall–Kier alpha value is -3.96. The van der Waals surface area contributed by atoms with Gasteiger partial charge in [-0.25, -0.2) is 4.98 Å². The van der Waals surface area contributed by atoms with Crippen LogP contribution in [0.5, 0.6) is 17.2 Å². The van der Waals surface area contributed by atoms with Crippen molar-refractivity contribution < 1.29 is 28.6 Å². The maximum atomic E-state index is 13.6. The van der Waals surface area contributed by atoms with Gasteiger partial charge in [0.2, 0.25) is 5.91 Å². The number of piperidine rings is 1. The fraction of sp³-hybridized carbons (Fsp3) is 0.455. The Balaban J connectivity index is 1.44. The van der Waals surface area contributed by atoms with Crippen molar-refractivity contribution in [3.8, 4) is 17.2 Å². The number of ether oxygens (including phenoxy) is 3. The largest absolute Gasteiger partial charge is 0.493 e. The van der Waals surface area contributed by atoms with Gasteiger partial charge in [0.15, 0.2) is 11.5 Å². The van der Waals surface area contributed by atoms with Gasteiger partial charge < -0.3 is 29.3 Å². The molecule has 1 fully saturated rings. The normalized spacial score (nSPS) is 19.3. The van der Waals surface area contributed by atoms with Crippen molar-refractivity contribution in [2.45, 2.75) is 65.2 Å². The molecule has 11 heteroatoms. The van der Waals surface area contributed by atoms with E-state index < -0.39 is 6.10 Å². The maximum absolute atomic E-state index is 13.6. The number of benzene rings is 2. The van der Waals surface area contributed by atoms with Crippen LogP contribution in [0.2, 0.25) is 0 Å². The van der Waals surface area contributed by atoms with Gasteiger partial charge in [-0.3, -0.25) is 14.4 Å². The minimum atomic E-state index is -0.463. The molecule has 1 saturated heterocycles. The molecule has 5 rings (SSSR count). The number of carbonyl (C=O) groups excluding carboxylic acids is 3. The molecule has 0 radical (unpaired) electrons. The fourth-order valence-electron chi connectivity index (χ4n) is 5.49. The van der Waals surface area contributed by atoms with Crippen LogP contribution in [0.15, 0.2) is 42.5 Å². The highest BCUT2D eigenvalue weighted by atomic mass is 32.1.